The summed E-state index contributed by atoms with van der Waals surface area (Å²) in [7, 11) is 1.56. The topological polar surface area (TPSA) is 38.8 Å². The Kier molecular flexibility index (Phi) is 3.26. The van der Waals surface area contributed by atoms with Gasteiger partial charge in [0.25, 0.3) is 0 Å². The van der Waals surface area contributed by atoms with Crippen molar-refractivity contribution in [3.63, 3.8) is 0 Å². The van der Waals surface area contributed by atoms with Gasteiger partial charge in [-0.05, 0) is 85.9 Å². The summed E-state index contributed by atoms with van der Waals surface area (Å²) in [5.41, 5.74) is 0.677. The van der Waals surface area contributed by atoms with E-state index in [1.165, 1.54) is 44.9 Å². The van der Waals surface area contributed by atoms with Crippen LogP contribution in [0.25, 0.3) is 0 Å². The van der Waals surface area contributed by atoms with Gasteiger partial charge < -0.3 is 9.47 Å². The van der Waals surface area contributed by atoms with Crippen LogP contribution in [0.1, 0.15) is 65.2 Å². The van der Waals surface area contributed by atoms with Gasteiger partial charge in [-0.25, -0.2) is 0 Å². The average molecular weight is 332 g/mol. The van der Waals surface area contributed by atoms with E-state index < -0.39 is 0 Å². The van der Waals surface area contributed by atoms with E-state index in [2.05, 4.69) is 13.8 Å². The largest absolute Gasteiger partial charge is 0.469 e. The van der Waals surface area contributed by atoms with Crippen LogP contribution in [-0.2, 0) is 14.3 Å². The lowest BCUT2D eigenvalue weighted by atomic mass is 9.45. The first-order valence-electron chi connectivity index (χ1n) is 10.2. The van der Waals surface area contributed by atoms with Crippen LogP contribution in [0.15, 0.2) is 0 Å². The first kappa shape index (κ1) is 15.7. The van der Waals surface area contributed by atoms with Crippen LogP contribution in [0.4, 0.5) is 0 Å². The Hall–Kier alpha value is -0.570. The Labute approximate surface area is 145 Å². The summed E-state index contributed by atoms with van der Waals surface area (Å²) in [5, 5.41) is 0. The van der Waals surface area contributed by atoms with E-state index in [1.54, 1.807) is 7.11 Å². The maximum Gasteiger partial charge on any atom is 0.309 e. The molecule has 24 heavy (non-hydrogen) atoms. The van der Waals surface area contributed by atoms with E-state index in [0.717, 1.165) is 30.1 Å². The van der Waals surface area contributed by atoms with Crippen molar-refractivity contribution >= 4 is 5.97 Å². The number of hydrogen-bond acceptors (Lipinski definition) is 3. The third kappa shape index (κ3) is 1.91. The second-order valence-corrected chi connectivity index (χ2v) is 10.0. The lowest BCUT2D eigenvalue weighted by molar-refractivity contribution is -0.155. The summed E-state index contributed by atoms with van der Waals surface area (Å²) in [4.78, 5) is 12.3. The van der Waals surface area contributed by atoms with Crippen LogP contribution in [0.3, 0.4) is 0 Å². The molecule has 3 nitrogen and oxygen atoms in total. The van der Waals surface area contributed by atoms with Crippen LogP contribution < -0.4 is 0 Å². The van der Waals surface area contributed by atoms with Crippen molar-refractivity contribution in [2.75, 3.05) is 7.11 Å². The van der Waals surface area contributed by atoms with Gasteiger partial charge in [-0.1, -0.05) is 13.8 Å². The minimum absolute atomic E-state index is 0.0465. The minimum atomic E-state index is 0.0465. The second-order valence-electron chi connectivity index (χ2n) is 10.0. The Morgan fingerprint density at radius 2 is 1.79 bits per heavy atom. The Morgan fingerprint density at radius 1 is 1.00 bits per heavy atom. The van der Waals surface area contributed by atoms with E-state index >= 15 is 0 Å². The van der Waals surface area contributed by atoms with Crippen molar-refractivity contribution in [2.45, 2.75) is 77.4 Å². The molecule has 4 aliphatic carbocycles. The molecule has 4 saturated carbocycles. The molecule has 0 spiro atoms. The van der Waals surface area contributed by atoms with Gasteiger partial charge in [0.05, 0.1) is 25.2 Å². The molecule has 1 aliphatic heterocycles. The van der Waals surface area contributed by atoms with E-state index in [4.69, 9.17) is 9.47 Å². The van der Waals surface area contributed by atoms with E-state index in [9.17, 15) is 4.79 Å². The zero-order chi connectivity index (χ0) is 16.7. The third-order valence-corrected chi connectivity index (χ3v) is 9.40. The summed E-state index contributed by atoms with van der Waals surface area (Å²) < 4.78 is 11.1. The van der Waals surface area contributed by atoms with Crippen molar-refractivity contribution in [3.05, 3.63) is 0 Å². The van der Waals surface area contributed by atoms with Gasteiger partial charge in [0.2, 0.25) is 0 Å². The lowest BCUT2D eigenvalue weighted by Crippen LogP contribution is -2.54. The highest BCUT2D eigenvalue weighted by molar-refractivity contribution is 5.73. The fraction of sp³-hybridized carbons (Fsp3) is 0.952. The number of rotatable bonds is 1. The molecule has 5 rings (SSSR count). The molecule has 9 atom stereocenters. The van der Waals surface area contributed by atoms with Gasteiger partial charge in [-0.15, -0.1) is 0 Å². The molecule has 0 aromatic rings. The molecule has 0 bridgehead atoms. The van der Waals surface area contributed by atoms with Crippen molar-refractivity contribution in [3.8, 4) is 0 Å². The maximum absolute atomic E-state index is 12.3. The lowest BCUT2D eigenvalue weighted by Gasteiger charge is -2.59. The summed E-state index contributed by atoms with van der Waals surface area (Å²) in [6.07, 6.45) is 11.4. The summed E-state index contributed by atoms with van der Waals surface area (Å²) >= 11 is 0. The highest BCUT2D eigenvalue weighted by atomic mass is 16.6. The van der Waals surface area contributed by atoms with Gasteiger partial charge in [-0.3, -0.25) is 4.79 Å². The summed E-state index contributed by atoms with van der Waals surface area (Å²) in [6, 6.07) is 0. The number of hydrogen-bond donors (Lipinski definition) is 0. The number of methoxy groups -OCH3 is 1. The van der Waals surface area contributed by atoms with Crippen LogP contribution in [0, 0.1) is 40.4 Å². The molecule has 0 unspecified atom stereocenters. The predicted molar refractivity (Wildman–Crippen MR) is 91.3 cm³/mol. The fourth-order valence-corrected chi connectivity index (χ4v) is 8.05. The Morgan fingerprint density at radius 3 is 2.58 bits per heavy atom. The van der Waals surface area contributed by atoms with Crippen LogP contribution >= 0.6 is 0 Å². The van der Waals surface area contributed by atoms with Crippen LogP contribution in [0.2, 0.25) is 0 Å². The average Bonchev–Trinajstić information content (AvgIpc) is 3.20. The normalized spacial score (nSPS) is 58.0. The van der Waals surface area contributed by atoms with Gasteiger partial charge in [-0.2, -0.15) is 0 Å². The minimum Gasteiger partial charge on any atom is -0.469 e. The van der Waals surface area contributed by atoms with Gasteiger partial charge in [0.1, 0.15) is 0 Å². The number of ether oxygens (including phenoxy) is 2. The highest BCUT2D eigenvalue weighted by Gasteiger charge is 2.64. The Bertz CT molecular complexity index is 559. The van der Waals surface area contributed by atoms with Crippen molar-refractivity contribution in [1.82, 2.24) is 0 Å². The molecular formula is C21H32O3. The zero-order valence-electron chi connectivity index (χ0n) is 15.4. The quantitative estimate of drug-likeness (QED) is 0.534. The highest BCUT2D eigenvalue weighted by Crippen LogP contribution is 2.68. The first-order chi connectivity index (χ1) is 11.5. The number of esters is 1. The molecule has 1 heterocycles. The molecule has 0 aromatic heterocycles. The summed E-state index contributed by atoms with van der Waals surface area (Å²) in [5.74, 6) is 3.48. The molecule has 1 saturated heterocycles. The molecule has 5 fully saturated rings. The molecule has 0 N–H and O–H groups in total. The van der Waals surface area contributed by atoms with Crippen molar-refractivity contribution in [2.24, 2.45) is 40.4 Å². The van der Waals surface area contributed by atoms with Gasteiger partial charge in [0.15, 0.2) is 0 Å². The molecule has 134 valence electrons. The number of fused-ring (bicyclic) bond motifs is 6. The van der Waals surface area contributed by atoms with Crippen molar-refractivity contribution < 1.29 is 14.3 Å². The fourth-order valence-electron chi connectivity index (χ4n) is 8.05. The second kappa shape index (κ2) is 4.99. The van der Waals surface area contributed by atoms with Crippen LogP contribution in [0.5, 0.6) is 0 Å². The Balaban J connectivity index is 1.43. The number of epoxide rings is 1. The zero-order valence-corrected chi connectivity index (χ0v) is 15.4. The molecule has 5 aliphatic rings. The van der Waals surface area contributed by atoms with Crippen molar-refractivity contribution in [1.29, 1.82) is 0 Å². The smallest absolute Gasteiger partial charge is 0.309 e. The first-order valence-corrected chi connectivity index (χ1v) is 10.2. The maximum atomic E-state index is 12.3. The SMILES string of the molecule is COC(=O)[C@H]1CC[C@H]2[C@@H]3CC[C@H]4C[C@@H]5O[C@@H]5C[C@]4(C)[C@H]3CC[C@]12C. The molecule has 3 heteroatoms. The van der Waals surface area contributed by atoms with Crippen LogP contribution in [-0.4, -0.2) is 25.3 Å². The molecule has 0 aromatic carbocycles. The number of carbonyl (C=O) groups excluding carboxylic acids is 1. The number of carbonyl (C=O) groups is 1. The molecular weight excluding hydrogens is 300 g/mol. The molecule has 0 radical (unpaired) electrons. The monoisotopic (exact) mass is 332 g/mol. The predicted octanol–water partition coefficient (Wildman–Crippen LogP) is 4.20. The summed E-state index contributed by atoms with van der Waals surface area (Å²) in [6.45, 7) is 4.99. The van der Waals surface area contributed by atoms with E-state index in [0.29, 0.717) is 17.6 Å². The third-order valence-electron chi connectivity index (χ3n) is 9.40. The standard InChI is InChI=1S/C21H32O3/c1-20-9-8-15-13(14(20)6-7-16(20)19(22)23-3)5-4-12-10-17-18(24-17)11-21(12,15)2/h12-18H,4-11H2,1-3H3/t12-,13-,14-,15-,16+,17-,18+,20-,21-/m0/s1. The van der Waals surface area contributed by atoms with E-state index in [-0.39, 0.29) is 17.3 Å². The molecule has 0 amide bonds. The van der Waals surface area contributed by atoms with Gasteiger partial charge >= 0.3 is 5.97 Å². The van der Waals surface area contributed by atoms with E-state index in [1.807, 2.05) is 0 Å². The van der Waals surface area contributed by atoms with Gasteiger partial charge in [0, 0.05) is 0 Å².